The predicted octanol–water partition coefficient (Wildman–Crippen LogP) is 2.69. The van der Waals surface area contributed by atoms with Crippen LogP contribution in [0.15, 0.2) is 36.1 Å². The van der Waals surface area contributed by atoms with Gasteiger partial charge < -0.3 is 9.84 Å². The van der Waals surface area contributed by atoms with E-state index in [4.69, 9.17) is 9.84 Å². The van der Waals surface area contributed by atoms with Crippen molar-refractivity contribution in [2.45, 2.75) is 13.8 Å². The monoisotopic (exact) mass is 192 g/mol. The minimum Gasteiger partial charge on any atom is -0.478 e. The molecule has 0 atom stereocenters. The summed E-state index contributed by atoms with van der Waals surface area (Å²) in [5, 5.41) is 8.65. The zero-order valence-electron chi connectivity index (χ0n) is 8.15. The van der Waals surface area contributed by atoms with Crippen molar-refractivity contribution in [2.75, 3.05) is 0 Å². The Hall–Kier alpha value is -1.77. The zero-order chi connectivity index (χ0) is 10.6. The van der Waals surface area contributed by atoms with Crippen LogP contribution in [0.25, 0.3) is 0 Å². The van der Waals surface area contributed by atoms with E-state index in [0.717, 1.165) is 5.76 Å². The van der Waals surface area contributed by atoms with Gasteiger partial charge in [0.1, 0.15) is 5.75 Å². The number of aromatic carboxylic acids is 1. The van der Waals surface area contributed by atoms with Gasteiger partial charge in [0.2, 0.25) is 0 Å². The molecule has 0 aliphatic heterocycles. The summed E-state index contributed by atoms with van der Waals surface area (Å²) in [5.41, 5.74) is 0.260. The van der Waals surface area contributed by atoms with Crippen LogP contribution in [-0.4, -0.2) is 11.1 Å². The van der Waals surface area contributed by atoms with Gasteiger partial charge in [-0.1, -0.05) is 0 Å². The number of hydrogen-bond donors (Lipinski definition) is 1. The van der Waals surface area contributed by atoms with Crippen LogP contribution < -0.4 is 4.74 Å². The third-order valence-corrected chi connectivity index (χ3v) is 1.79. The Morgan fingerprint density at radius 2 is 1.93 bits per heavy atom. The number of carbonyl (C=O) groups is 1. The van der Waals surface area contributed by atoms with Crippen molar-refractivity contribution in [3.05, 3.63) is 41.7 Å². The number of benzene rings is 1. The summed E-state index contributed by atoms with van der Waals surface area (Å²) in [4.78, 5) is 10.5. The molecule has 0 unspecified atom stereocenters. The van der Waals surface area contributed by atoms with Crippen LogP contribution in [0, 0.1) is 0 Å². The molecule has 0 spiro atoms. The first-order chi connectivity index (χ1) is 6.63. The molecule has 0 radical (unpaired) electrons. The quantitative estimate of drug-likeness (QED) is 0.749. The van der Waals surface area contributed by atoms with Crippen LogP contribution in [0.4, 0.5) is 0 Å². The van der Waals surface area contributed by atoms with Crippen molar-refractivity contribution in [3.63, 3.8) is 0 Å². The molecule has 3 heteroatoms. The molecule has 0 aliphatic rings. The van der Waals surface area contributed by atoms with Gasteiger partial charge in [0.05, 0.1) is 11.3 Å². The third kappa shape index (κ3) is 2.62. The molecular weight excluding hydrogens is 180 g/mol. The van der Waals surface area contributed by atoms with Gasteiger partial charge in [-0.15, -0.1) is 0 Å². The molecule has 0 aliphatic carbocycles. The van der Waals surface area contributed by atoms with Crippen LogP contribution in [0.2, 0.25) is 0 Å². The lowest BCUT2D eigenvalue weighted by molar-refractivity contribution is 0.0697. The molecule has 1 N–H and O–H groups in total. The van der Waals surface area contributed by atoms with Gasteiger partial charge in [-0.05, 0) is 44.2 Å². The van der Waals surface area contributed by atoms with E-state index in [-0.39, 0.29) is 5.56 Å². The van der Waals surface area contributed by atoms with Gasteiger partial charge in [-0.3, -0.25) is 0 Å². The maximum Gasteiger partial charge on any atom is 0.335 e. The molecule has 0 bridgehead atoms. The van der Waals surface area contributed by atoms with E-state index in [1.807, 2.05) is 19.9 Å². The van der Waals surface area contributed by atoms with E-state index in [0.29, 0.717) is 5.75 Å². The fourth-order valence-electron chi connectivity index (χ4n) is 0.910. The van der Waals surface area contributed by atoms with E-state index >= 15 is 0 Å². The van der Waals surface area contributed by atoms with Crippen molar-refractivity contribution in [2.24, 2.45) is 0 Å². The number of carboxylic acids is 1. The first kappa shape index (κ1) is 10.3. The Labute approximate surface area is 82.6 Å². The fourth-order valence-corrected chi connectivity index (χ4v) is 0.910. The highest BCUT2D eigenvalue weighted by Crippen LogP contribution is 2.14. The molecular formula is C11H12O3. The maximum absolute atomic E-state index is 10.5. The summed E-state index contributed by atoms with van der Waals surface area (Å²) in [5.74, 6) is 0.498. The number of carboxylic acid groups (broad SMARTS) is 1. The normalized spacial score (nSPS) is 11.1. The molecule has 1 aromatic carbocycles. The van der Waals surface area contributed by atoms with Crippen LogP contribution in [0.3, 0.4) is 0 Å². The van der Waals surface area contributed by atoms with Crippen molar-refractivity contribution in [1.29, 1.82) is 0 Å². The third-order valence-electron chi connectivity index (χ3n) is 1.79. The fraction of sp³-hybridized carbons (Fsp3) is 0.182. The van der Waals surface area contributed by atoms with Crippen molar-refractivity contribution < 1.29 is 14.6 Å². The van der Waals surface area contributed by atoms with E-state index in [9.17, 15) is 4.79 Å². The van der Waals surface area contributed by atoms with Crippen molar-refractivity contribution in [3.8, 4) is 5.75 Å². The Bertz CT molecular complexity index is 349. The Morgan fingerprint density at radius 3 is 2.36 bits per heavy atom. The maximum atomic E-state index is 10.5. The van der Waals surface area contributed by atoms with Gasteiger partial charge >= 0.3 is 5.97 Å². The molecule has 74 valence electrons. The van der Waals surface area contributed by atoms with Gasteiger partial charge in [0.25, 0.3) is 0 Å². The molecule has 0 amide bonds. The average Bonchev–Trinajstić information content (AvgIpc) is 2.18. The minimum absolute atomic E-state index is 0.260. The molecule has 0 saturated carbocycles. The molecule has 0 saturated heterocycles. The largest absolute Gasteiger partial charge is 0.478 e. The first-order valence-electron chi connectivity index (χ1n) is 4.27. The SMILES string of the molecule is C/C=C(\C)Oc1ccc(C(=O)O)cc1. The second-order valence-corrected chi connectivity index (χ2v) is 2.83. The van der Waals surface area contributed by atoms with Crippen LogP contribution >= 0.6 is 0 Å². The molecule has 3 nitrogen and oxygen atoms in total. The Balaban J connectivity index is 2.79. The number of hydrogen-bond acceptors (Lipinski definition) is 2. The Kier molecular flexibility index (Phi) is 3.29. The second-order valence-electron chi connectivity index (χ2n) is 2.83. The van der Waals surface area contributed by atoms with Crippen molar-refractivity contribution >= 4 is 5.97 Å². The van der Waals surface area contributed by atoms with Crippen LogP contribution in [0.1, 0.15) is 24.2 Å². The average molecular weight is 192 g/mol. The lowest BCUT2D eigenvalue weighted by Crippen LogP contribution is -1.96. The van der Waals surface area contributed by atoms with Gasteiger partial charge in [-0.2, -0.15) is 0 Å². The van der Waals surface area contributed by atoms with E-state index in [1.165, 1.54) is 12.1 Å². The molecule has 1 aromatic rings. The highest BCUT2D eigenvalue weighted by atomic mass is 16.5. The molecule has 0 heterocycles. The highest BCUT2D eigenvalue weighted by Gasteiger charge is 2.01. The zero-order valence-corrected chi connectivity index (χ0v) is 8.15. The van der Waals surface area contributed by atoms with Crippen LogP contribution in [-0.2, 0) is 0 Å². The number of rotatable bonds is 3. The first-order valence-corrected chi connectivity index (χ1v) is 4.27. The standard InChI is InChI=1S/C11H12O3/c1-3-8(2)14-10-6-4-9(5-7-10)11(12)13/h3-7H,1-2H3,(H,12,13)/b8-3+. The van der Waals surface area contributed by atoms with E-state index in [1.54, 1.807) is 12.1 Å². The summed E-state index contributed by atoms with van der Waals surface area (Å²) in [6.07, 6.45) is 1.84. The minimum atomic E-state index is -0.931. The summed E-state index contributed by atoms with van der Waals surface area (Å²) in [6, 6.07) is 6.30. The summed E-state index contributed by atoms with van der Waals surface area (Å²) >= 11 is 0. The molecule has 14 heavy (non-hydrogen) atoms. The second kappa shape index (κ2) is 4.46. The summed E-state index contributed by atoms with van der Waals surface area (Å²) in [7, 11) is 0. The van der Waals surface area contributed by atoms with E-state index in [2.05, 4.69) is 0 Å². The molecule has 0 aromatic heterocycles. The van der Waals surface area contributed by atoms with E-state index < -0.39 is 5.97 Å². The van der Waals surface area contributed by atoms with Gasteiger partial charge in [0.15, 0.2) is 0 Å². The van der Waals surface area contributed by atoms with Gasteiger partial charge in [0, 0.05) is 0 Å². The van der Waals surface area contributed by atoms with Gasteiger partial charge in [-0.25, -0.2) is 4.79 Å². The van der Waals surface area contributed by atoms with Crippen LogP contribution in [0.5, 0.6) is 5.75 Å². The number of ether oxygens (including phenoxy) is 1. The Morgan fingerprint density at radius 1 is 1.36 bits per heavy atom. The highest BCUT2D eigenvalue weighted by molar-refractivity contribution is 5.87. The molecule has 0 fully saturated rings. The lowest BCUT2D eigenvalue weighted by Gasteiger charge is -2.04. The summed E-state index contributed by atoms with van der Waals surface area (Å²) in [6.45, 7) is 3.71. The summed E-state index contributed by atoms with van der Waals surface area (Å²) < 4.78 is 5.37. The smallest absolute Gasteiger partial charge is 0.335 e. The topological polar surface area (TPSA) is 46.5 Å². The molecule has 1 rings (SSSR count). The lowest BCUT2D eigenvalue weighted by atomic mass is 10.2. The number of allylic oxidation sites excluding steroid dienone is 2. The van der Waals surface area contributed by atoms with Crippen molar-refractivity contribution in [1.82, 2.24) is 0 Å². The predicted molar refractivity (Wildman–Crippen MR) is 53.5 cm³/mol.